The van der Waals surface area contributed by atoms with E-state index in [0.29, 0.717) is 30.4 Å². The Bertz CT molecular complexity index is 963. The van der Waals surface area contributed by atoms with Crippen LogP contribution in [0.4, 0.5) is 5.69 Å². The fourth-order valence-corrected chi connectivity index (χ4v) is 3.70. The predicted molar refractivity (Wildman–Crippen MR) is 122 cm³/mol. The minimum absolute atomic E-state index is 0.156. The highest BCUT2D eigenvalue weighted by Gasteiger charge is 2.25. The van der Waals surface area contributed by atoms with Gasteiger partial charge in [-0.1, -0.05) is 30.3 Å². The second-order valence-corrected chi connectivity index (χ2v) is 10.5. The zero-order valence-corrected chi connectivity index (χ0v) is 19.0. The number of nitrogens with two attached hydrogens (primary N) is 1. The van der Waals surface area contributed by atoms with E-state index in [2.05, 4.69) is 0 Å². The maximum Gasteiger partial charge on any atom is 0.231 e. The lowest BCUT2D eigenvalue weighted by molar-refractivity contribution is 0.0457. The van der Waals surface area contributed by atoms with Crippen LogP contribution < -0.4 is 14.8 Å². The van der Waals surface area contributed by atoms with Crippen molar-refractivity contribution < 1.29 is 23.0 Å². The standard InChI is InChI=1S/C23H32N2O5S/c1-25(31(2,27)28)21-10-20(11-22(12-21)30-15-19-8-9-19)14-29-17-23(24,16-26)13-18-6-4-3-5-7-18/h3-7,10-12,19,26H,8-9,13-17,24H2,1-2H3. The molecule has 1 aliphatic rings. The molecule has 8 heteroatoms. The molecular weight excluding hydrogens is 416 g/mol. The molecule has 1 atom stereocenters. The molecule has 2 aromatic rings. The summed E-state index contributed by atoms with van der Waals surface area (Å²) in [5.41, 5.74) is 7.76. The summed E-state index contributed by atoms with van der Waals surface area (Å²) in [7, 11) is -1.90. The average Bonchev–Trinajstić information content (AvgIpc) is 3.56. The molecule has 2 aromatic carbocycles. The fraction of sp³-hybridized carbons (Fsp3) is 0.478. The molecule has 0 amide bonds. The number of sulfonamides is 1. The summed E-state index contributed by atoms with van der Waals surface area (Å²) in [6.45, 7) is 0.788. The molecule has 31 heavy (non-hydrogen) atoms. The van der Waals surface area contributed by atoms with Crippen molar-refractivity contribution in [2.45, 2.75) is 31.4 Å². The number of hydrogen-bond donors (Lipinski definition) is 2. The van der Waals surface area contributed by atoms with Gasteiger partial charge in [0.05, 0.1) is 43.9 Å². The maximum absolute atomic E-state index is 12.0. The van der Waals surface area contributed by atoms with E-state index in [1.54, 1.807) is 12.1 Å². The first kappa shape index (κ1) is 23.5. The Balaban J connectivity index is 1.69. The number of benzene rings is 2. The number of anilines is 1. The first-order chi connectivity index (χ1) is 14.7. The third kappa shape index (κ3) is 7.21. The van der Waals surface area contributed by atoms with Crippen LogP contribution in [-0.4, -0.2) is 52.2 Å². The number of rotatable bonds is 12. The predicted octanol–water partition coefficient (Wildman–Crippen LogP) is 2.32. The average molecular weight is 449 g/mol. The number of ether oxygens (including phenoxy) is 2. The molecule has 0 heterocycles. The summed E-state index contributed by atoms with van der Waals surface area (Å²) in [5, 5.41) is 9.82. The van der Waals surface area contributed by atoms with Crippen LogP contribution in [0.15, 0.2) is 48.5 Å². The summed E-state index contributed by atoms with van der Waals surface area (Å²) in [4.78, 5) is 0. The van der Waals surface area contributed by atoms with Gasteiger partial charge in [0.25, 0.3) is 0 Å². The third-order valence-corrected chi connectivity index (χ3v) is 6.57. The van der Waals surface area contributed by atoms with Gasteiger partial charge in [0, 0.05) is 13.1 Å². The van der Waals surface area contributed by atoms with Crippen LogP contribution in [0.25, 0.3) is 0 Å². The lowest BCUT2D eigenvalue weighted by Crippen LogP contribution is -2.50. The topological polar surface area (TPSA) is 102 Å². The molecule has 170 valence electrons. The van der Waals surface area contributed by atoms with Crippen LogP contribution in [0.3, 0.4) is 0 Å². The first-order valence-corrected chi connectivity index (χ1v) is 12.3. The Morgan fingerprint density at radius 3 is 2.48 bits per heavy atom. The fourth-order valence-electron chi connectivity index (χ4n) is 3.21. The number of hydrogen-bond acceptors (Lipinski definition) is 6. The SMILES string of the molecule is CN(c1cc(COCC(N)(CO)Cc2ccccc2)cc(OCC2CC2)c1)S(C)(=O)=O. The number of aliphatic hydroxyl groups is 1. The summed E-state index contributed by atoms with van der Waals surface area (Å²) in [6.07, 6.45) is 3.98. The largest absolute Gasteiger partial charge is 0.493 e. The van der Waals surface area contributed by atoms with Gasteiger partial charge in [-0.05, 0) is 48.4 Å². The molecule has 0 radical (unpaired) electrons. The zero-order chi connectivity index (χ0) is 22.5. The molecule has 3 N–H and O–H groups in total. The van der Waals surface area contributed by atoms with Gasteiger partial charge in [0.1, 0.15) is 5.75 Å². The summed E-state index contributed by atoms with van der Waals surface area (Å²) in [5.74, 6) is 1.19. The van der Waals surface area contributed by atoms with Crippen molar-refractivity contribution in [1.29, 1.82) is 0 Å². The monoisotopic (exact) mass is 448 g/mol. The summed E-state index contributed by atoms with van der Waals surface area (Å²) in [6, 6.07) is 15.1. The van der Waals surface area contributed by atoms with Crippen molar-refractivity contribution in [2.24, 2.45) is 11.7 Å². The van der Waals surface area contributed by atoms with Crippen LogP contribution in [0.1, 0.15) is 24.0 Å². The van der Waals surface area contributed by atoms with E-state index in [1.165, 1.54) is 24.2 Å². The Morgan fingerprint density at radius 1 is 1.16 bits per heavy atom. The Labute approximate surface area is 184 Å². The van der Waals surface area contributed by atoms with Gasteiger partial charge in [-0.2, -0.15) is 0 Å². The molecule has 1 unspecified atom stereocenters. The minimum Gasteiger partial charge on any atom is -0.493 e. The van der Waals surface area contributed by atoms with E-state index in [9.17, 15) is 13.5 Å². The molecule has 7 nitrogen and oxygen atoms in total. The molecule has 0 saturated heterocycles. The highest BCUT2D eigenvalue weighted by Crippen LogP contribution is 2.31. The van der Waals surface area contributed by atoms with Crippen molar-refractivity contribution in [3.8, 4) is 5.75 Å². The number of nitrogens with zero attached hydrogens (tertiary/aromatic N) is 1. The molecule has 1 fully saturated rings. The lowest BCUT2D eigenvalue weighted by Gasteiger charge is -2.27. The van der Waals surface area contributed by atoms with Crippen LogP contribution >= 0.6 is 0 Å². The molecule has 1 saturated carbocycles. The van der Waals surface area contributed by atoms with Gasteiger partial charge in [0.15, 0.2) is 0 Å². The van der Waals surface area contributed by atoms with Crippen LogP contribution in [0.2, 0.25) is 0 Å². The highest BCUT2D eigenvalue weighted by atomic mass is 32.2. The Kier molecular flexibility index (Phi) is 7.59. The van der Waals surface area contributed by atoms with Crippen molar-refractivity contribution in [3.05, 3.63) is 59.7 Å². The molecular formula is C23H32N2O5S. The van der Waals surface area contributed by atoms with E-state index >= 15 is 0 Å². The van der Waals surface area contributed by atoms with Crippen LogP contribution in [-0.2, 0) is 27.8 Å². The third-order valence-electron chi connectivity index (χ3n) is 5.37. The van der Waals surface area contributed by atoms with E-state index in [-0.39, 0.29) is 19.8 Å². The van der Waals surface area contributed by atoms with Gasteiger partial charge in [-0.3, -0.25) is 4.31 Å². The minimum atomic E-state index is -3.41. The molecule has 3 rings (SSSR count). The maximum atomic E-state index is 12.0. The Hall–Kier alpha value is -2.13. The van der Waals surface area contributed by atoms with Gasteiger partial charge >= 0.3 is 0 Å². The second-order valence-electron chi connectivity index (χ2n) is 8.50. The van der Waals surface area contributed by atoms with Gasteiger partial charge in [0.2, 0.25) is 10.0 Å². The highest BCUT2D eigenvalue weighted by molar-refractivity contribution is 7.92. The van der Waals surface area contributed by atoms with E-state index < -0.39 is 15.6 Å². The lowest BCUT2D eigenvalue weighted by atomic mass is 9.93. The molecule has 0 spiro atoms. The van der Waals surface area contributed by atoms with E-state index in [0.717, 1.165) is 17.4 Å². The van der Waals surface area contributed by atoms with Crippen molar-refractivity contribution >= 4 is 15.7 Å². The normalized spacial score (nSPS) is 16.0. The van der Waals surface area contributed by atoms with Crippen LogP contribution in [0.5, 0.6) is 5.75 Å². The summed E-state index contributed by atoms with van der Waals surface area (Å²) >= 11 is 0. The second kappa shape index (κ2) is 9.99. The molecule has 0 aromatic heterocycles. The quantitative estimate of drug-likeness (QED) is 0.517. The van der Waals surface area contributed by atoms with E-state index in [4.69, 9.17) is 15.2 Å². The van der Waals surface area contributed by atoms with Gasteiger partial charge < -0.3 is 20.3 Å². The first-order valence-electron chi connectivity index (χ1n) is 10.4. The zero-order valence-electron chi connectivity index (χ0n) is 18.2. The smallest absolute Gasteiger partial charge is 0.231 e. The van der Waals surface area contributed by atoms with Crippen molar-refractivity contribution in [1.82, 2.24) is 0 Å². The summed E-state index contributed by atoms with van der Waals surface area (Å²) < 4.78 is 36.9. The Morgan fingerprint density at radius 2 is 1.87 bits per heavy atom. The van der Waals surface area contributed by atoms with Gasteiger partial charge in [-0.25, -0.2) is 8.42 Å². The van der Waals surface area contributed by atoms with Crippen LogP contribution in [0, 0.1) is 5.92 Å². The van der Waals surface area contributed by atoms with E-state index in [1.807, 2.05) is 36.4 Å². The van der Waals surface area contributed by atoms with Crippen molar-refractivity contribution in [3.63, 3.8) is 0 Å². The molecule has 0 bridgehead atoms. The molecule has 0 aliphatic heterocycles. The van der Waals surface area contributed by atoms with Crippen molar-refractivity contribution in [2.75, 3.05) is 37.4 Å². The van der Waals surface area contributed by atoms with Gasteiger partial charge in [-0.15, -0.1) is 0 Å². The molecule has 1 aliphatic carbocycles. The number of aliphatic hydroxyl groups excluding tert-OH is 1.